The van der Waals surface area contributed by atoms with Crippen LogP contribution in [0.2, 0.25) is 0 Å². The van der Waals surface area contributed by atoms with E-state index in [0.717, 1.165) is 18.4 Å². The first-order valence-electron chi connectivity index (χ1n) is 5.96. The van der Waals surface area contributed by atoms with E-state index in [4.69, 9.17) is 0 Å². The SMILES string of the molecule is OC1CCC2NC3CC=CC=C3C=C2C1O. The zero-order valence-electron chi connectivity index (χ0n) is 9.13. The van der Waals surface area contributed by atoms with Gasteiger partial charge in [-0.3, -0.25) is 0 Å². The van der Waals surface area contributed by atoms with E-state index in [2.05, 4.69) is 29.6 Å². The fourth-order valence-electron chi connectivity index (χ4n) is 2.85. The first-order valence-corrected chi connectivity index (χ1v) is 5.96. The number of fused-ring (bicyclic) bond motifs is 2. The van der Waals surface area contributed by atoms with E-state index < -0.39 is 12.2 Å². The van der Waals surface area contributed by atoms with Crippen LogP contribution in [-0.4, -0.2) is 34.5 Å². The molecule has 1 fully saturated rings. The van der Waals surface area contributed by atoms with Crippen molar-refractivity contribution in [1.29, 1.82) is 0 Å². The second-order valence-electron chi connectivity index (χ2n) is 4.84. The van der Waals surface area contributed by atoms with Crippen molar-refractivity contribution in [2.45, 2.75) is 43.6 Å². The van der Waals surface area contributed by atoms with Crippen molar-refractivity contribution in [2.24, 2.45) is 0 Å². The van der Waals surface area contributed by atoms with Crippen LogP contribution in [0.3, 0.4) is 0 Å². The van der Waals surface area contributed by atoms with Crippen molar-refractivity contribution in [1.82, 2.24) is 5.32 Å². The second kappa shape index (κ2) is 3.84. The van der Waals surface area contributed by atoms with Gasteiger partial charge in [-0.05, 0) is 30.4 Å². The predicted molar refractivity (Wildman–Crippen MR) is 61.9 cm³/mol. The second-order valence-corrected chi connectivity index (χ2v) is 4.84. The molecule has 1 aliphatic heterocycles. The molecule has 3 N–H and O–H groups in total. The molecule has 3 rings (SSSR count). The molecule has 16 heavy (non-hydrogen) atoms. The van der Waals surface area contributed by atoms with Crippen LogP contribution in [-0.2, 0) is 0 Å². The molecular formula is C13H17NO2. The predicted octanol–water partition coefficient (Wildman–Crippen LogP) is 0.655. The maximum Gasteiger partial charge on any atom is 0.103 e. The van der Waals surface area contributed by atoms with Crippen molar-refractivity contribution in [3.05, 3.63) is 35.5 Å². The quantitative estimate of drug-likeness (QED) is 0.561. The normalized spacial score (nSPS) is 41.9. The molecule has 4 unspecified atom stereocenters. The van der Waals surface area contributed by atoms with Crippen molar-refractivity contribution >= 4 is 0 Å². The number of nitrogens with one attached hydrogen (secondary N) is 1. The molecule has 0 radical (unpaired) electrons. The number of rotatable bonds is 0. The minimum absolute atomic E-state index is 0.243. The maximum atomic E-state index is 9.96. The van der Waals surface area contributed by atoms with Gasteiger partial charge in [-0.25, -0.2) is 0 Å². The summed E-state index contributed by atoms with van der Waals surface area (Å²) < 4.78 is 0. The number of hydrogen-bond acceptors (Lipinski definition) is 3. The zero-order chi connectivity index (χ0) is 11.1. The summed E-state index contributed by atoms with van der Waals surface area (Å²) in [6, 6.07) is 0.633. The molecule has 1 heterocycles. The fourth-order valence-corrected chi connectivity index (χ4v) is 2.85. The lowest BCUT2D eigenvalue weighted by molar-refractivity contribution is 0.0135. The van der Waals surface area contributed by atoms with Crippen LogP contribution in [0.1, 0.15) is 19.3 Å². The van der Waals surface area contributed by atoms with Gasteiger partial charge in [-0.2, -0.15) is 0 Å². The van der Waals surface area contributed by atoms with Gasteiger partial charge < -0.3 is 15.5 Å². The standard InChI is InChI=1S/C13H17NO2/c15-12-6-5-11-9(13(12)16)7-8-3-1-2-4-10(8)14-11/h1-3,7,10-16H,4-6H2. The number of allylic oxidation sites excluding steroid dienone is 2. The van der Waals surface area contributed by atoms with Gasteiger partial charge in [0.05, 0.1) is 6.10 Å². The molecule has 3 nitrogen and oxygen atoms in total. The van der Waals surface area contributed by atoms with E-state index >= 15 is 0 Å². The summed E-state index contributed by atoms with van der Waals surface area (Å²) in [5, 5.41) is 23.2. The van der Waals surface area contributed by atoms with Crippen molar-refractivity contribution < 1.29 is 10.2 Å². The summed E-state index contributed by atoms with van der Waals surface area (Å²) >= 11 is 0. The van der Waals surface area contributed by atoms with E-state index in [9.17, 15) is 10.2 Å². The molecule has 4 atom stereocenters. The third-order valence-corrected chi connectivity index (χ3v) is 3.79. The Kier molecular flexibility index (Phi) is 2.46. The highest BCUT2D eigenvalue weighted by atomic mass is 16.3. The zero-order valence-corrected chi connectivity index (χ0v) is 9.13. The molecule has 0 amide bonds. The minimum atomic E-state index is -0.695. The van der Waals surface area contributed by atoms with Crippen LogP contribution in [0.4, 0.5) is 0 Å². The van der Waals surface area contributed by atoms with E-state index in [-0.39, 0.29) is 6.04 Å². The highest BCUT2D eigenvalue weighted by Crippen LogP contribution is 2.32. The molecule has 0 aromatic heterocycles. The number of aliphatic hydroxyl groups is 2. The van der Waals surface area contributed by atoms with Crippen LogP contribution in [0.5, 0.6) is 0 Å². The van der Waals surface area contributed by atoms with Gasteiger partial charge in [0.1, 0.15) is 6.10 Å². The van der Waals surface area contributed by atoms with E-state index in [1.807, 2.05) is 0 Å². The summed E-state index contributed by atoms with van der Waals surface area (Å²) in [7, 11) is 0. The van der Waals surface area contributed by atoms with Crippen molar-refractivity contribution in [3.8, 4) is 0 Å². The van der Waals surface area contributed by atoms with Gasteiger partial charge in [0, 0.05) is 12.1 Å². The van der Waals surface area contributed by atoms with E-state index in [1.165, 1.54) is 5.57 Å². The summed E-state index contributed by atoms with van der Waals surface area (Å²) in [5.74, 6) is 0. The molecule has 86 valence electrons. The highest BCUT2D eigenvalue weighted by molar-refractivity contribution is 5.42. The van der Waals surface area contributed by atoms with E-state index in [0.29, 0.717) is 12.5 Å². The molecule has 3 aliphatic rings. The van der Waals surface area contributed by atoms with Crippen LogP contribution in [0.15, 0.2) is 35.5 Å². The van der Waals surface area contributed by atoms with Crippen molar-refractivity contribution in [3.63, 3.8) is 0 Å². The maximum absolute atomic E-state index is 9.96. The van der Waals surface area contributed by atoms with Gasteiger partial charge in [-0.15, -0.1) is 0 Å². The van der Waals surface area contributed by atoms with Gasteiger partial charge in [0.2, 0.25) is 0 Å². The number of aliphatic hydroxyl groups excluding tert-OH is 2. The lowest BCUT2D eigenvalue weighted by Crippen LogP contribution is -2.51. The topological polar surface area (TPSA) is 52.5 Å². The first kappa shape index (κ1) is 10.3. The molecule has 3 heteroatoms. The Morgan fingerprint density at radius 3 is 2.94 bits per heavy atom. The first-order chi connectivity index (χ1) is 7.75. The molecular weight excluding hydrogens is 202 g/mol. The third-order valence-electron chi connectivity index (χ3n) is 3.79. The van der Waals surface area contributed by atoms with Gasteiger partial charge >= 0.3 is 0 Å². The Morgan fingerprint density at radius 2 is 2.06 bits per heavy atom. The van der Waals surface area contributed by atoms with Crippen LogP contribution < -0.4 is 5.32 Å². The Labute approximate surface area is 95.2 Å². The molecule has 2 aliphatic carbocycles. The van der Waals surface area contributed by atoms with Gasteiger partial charge in [0.15, 0.2) is 0 Å². The molecule has 0 aromatic carbocycles. The summed E-state index contributed by atoms with van der Waals surface area (Å²) in [6.07, 6.45) is 9.69. The minimum Gasteiger partial charge on any atom is -0.390 e. The summed E-state index contributed by atoms with van der Waals surface area (Å²) in [5.41, 5.74) is 2.18. The monoisotopic (exact) mass is 219 g/mol. The average molecular weight is 219 g/mol. The average Bonchev–Trinajstić information content (AvgIpc) is 2.32. The molecule has 1 saturated carbocycles. The smallest absolute Gasteiger partial charge is 0.103 e. The van der Waals surface area contributed by atoms with Crippen LogP contribution in [0.25, 0.3) is 0 Å². The Bertz CT molecular complexity index is 383. The summed E-state index contributed by atoms with van der Waals surface area (Å²) in [4.78, 5) is 0. The molecule has 0 saturated heterocycles. The lowest BCUT2D eigenvalue weighted by atomic mass is 9.79. The summed E-state index contributed by atoms with van der Waals surface area (Å²) in [6.45, 7) is 0. The van der Waals surface area contributed by atoms with E-state index in [1.54, 1.807) is 0 Å². The van der Waals surface area contributed by atoms with Gasteiger partial charge in [-0.1, -0.05) is 24.3 Å². The molecule has 0 spiro atoms. The Morgan fingerprint density at radius 1 is 1.19 bits per heavy atom. The number of hydrogen-bond donors (Lipinski definition) is 3. The highest BCUT2D eigenvalue weighted by Gasteiger charge is 2.36. The fraction of sp³-hybridized carbons (Fsp3) is 0.538. The third kappa shape index (κ3) is 1.56. The van der Waals surface area contributed by atoms with Crippen molar-refractivity contribution in [2.75, 3.05) is 0 Å². The molecule has 0 bridgehead atoms. The molecule has 0 aromatic rings. The Balaban J connectivity index is 1.94. The Hall–Kier alpha value is -0.900. The van der Waals surface area contributed by atoms with Gasteiger partial charge in [0.25, 0.3) is 0 Å². The van der Waals surface area contributed by atoms with Crippen LogP contribution in [0, 0.1) is 0 Å². The lowest BCUT2D eigenvalue weighted by Gasteiger charge is -2.40. The van der Waals surface area contributed by atoms with Crippen LogP contribution >= 0.6 is 0 Å². The largest absolute Gasteiger partial charge is 0.390 e.